The van der Waals surface area contributed by atoms with Crippen molar-refractivity contribution in [1.82, 2.24) is 9.88 Å². The van der Waals surface area contributed by atoms with Crippen LogP contribution >= 0.6 is 0 Å². The van der Waals surface area contributed by atoms with E-state index >= 15 is 0 Å². The number of hydrogen-bond acceptors (Lipinski definition) is 3. The molecule has 0 unspecified atom stereocenters. The summed E-state index contributed by atoms with van der Waals surface area (Å²) in [6.45, 7) is 2.26. The highest BCUT2D eigenvalue weighted by molar-refractivity contribution is 6.00. The van der Waals surface area contributed by atoms with Gasteiger partial charge in [-0.15, -0.1) is 0 Å². The van der Waals surface area contributed by atoms with Gasteiger partial charge in [0.05, 0.1) is 0 Å². The Morgan fingerprint density at radius 3 is 2.62 bits per heavy atom. The highest BCUT2D eigenvalue weighted by Gasteiger charge is 2.16. The fourth-order valence-electron chi connectivity index (χ4n) is 2.15. The molecule has 21 heavy (non-hydrogen) atoms. The van der Waals surface area contributed by atoms with E-state index in [1.54, 1.807) is 18.3 Å². The van der Waals surface area contributed by atoms with E-state index in [1.165, 1.54) is 4.90 Å². The number of imide groups is 1. The van der Waals surface area contributed by atoms with Crippen LogP contribution in [0.4, 0.5) is 0 Å². The SMILES string of the molecule is Cc1ccccc1C(=O)N(C=O)CCCc1ccccn1. The van der Waals surface area contributed by atoms with Crippen LogP contribution in [-0.2, 0) is 11.2 Å². The number of hydrogen-bond donors (Lipinski definition) is 0. The predicted octanol–water partition coefficient (Wildman–Crippen LogP) is 2.62. The fraction of sp³-hybridized carbons (Fsp3) is 0.235. The summed E-state index contributed by atoms with van der Waals surface area (Å²) in [5, 5.41) is 0. The molecule has 4 nitrogen and oxygen atoms in total. The van der Waals surface area contributed by atoms with Crippen LogP contribution in [0.3, 0.4) is 0 Å². The average Bonchev–Trinajstić information content (AvgIpc) is 2.52. The molecule has 0 spiro atoms. The largest absolute Gasteiger partial charge is 0.281 e. The van der Waals surface area contributed by atoms with Gasteiger partial charge in [-0.3, -0.25) is 19.5 Å². The zero-order chi connectivity index (χ0) is 15.1. The van der Waals surface area contributed by atoms with E-state index in [0.717, 1.165) is 17.7 Å². The number of rotatable bonds is 6. The molecule has 108 valence electrons. The lowest BCUT2D eigenvalue weighted by molar-refractivity contribution is -0.116. The molecule has 0 aliphatic carbocycles. The zero-order valence-electron chi connectivity index (χ0n) is 12.0. The predicted molar refractivity (Wildman–Crippen MR) is 80.8 cm³/mol. The van der Waals surface area contributed by atoms with E-state index in [0.29, 0.717) is 24.9 Å². The van der Waals surface area contributed by atoms with Crippen molar-refractivity contribution < 1.29 is 9.59 Å². The molecule has 2 rings (SSSR count). The molecule has 1 aromatic heterocycles. The molecule has 0 bridgehead atoms. The van der Waals surface area contributed by atoms with Gasteiger partial charge in [0.25, 0.3) is 5.91 Å². The summed E-state index contributed by atoms with van der Waals surface area (Å²) in [6.07, 6.45) is 3.79. The molecule has 0 saturated carbocycles. The summed E-state index contributed by atoms with van der Waals surface area (Å²) in [7, 11) is 0. The van der Waals surface area contributed by atoms with Crippen molar-refractivity contribution in [2.75, 3.05) is 6.54 Å². The number of carbonyl (C=O) groups is 2. The van der Waals surface area contributed by atoms with Gasteiger partial charge in [0.2, 0.25) is 6.41 Å². The van der Waals surface area contributed by atoms with Crippen LogP contribution in [-0.4, -0.2) is 28.7 Å². The number of benzene rings is 1. The number of aryl methyl sites for hydroxylation is 2. The van der Waals surface area contributed by atoms with Gasteiger partial charge in [-0.25, -0.2) is 0 Å². The summed E-state index contributed by atoms with van der Waals surface area (Å²) in [4.78, 5) is 28.9. The first-order valence-corrected chi connectivity index (χ1v) is 6.94. The summed E-state index contributed by atoms with van der Waals surface area (Å²) in [6, 6.07) is 13.0. The highest BCUT2D eigenvalue weighted by Crippen LogP contribution is 2.10. The summed E-state index contributed by atoms with van der Waals surface area (Å²) < 4.78 is 0. The Hall–Kier alpha value is -2.49. The van der Waals surface area contributed by atoms with Crippen molar-refractivity contribution in [3.05, 3.63) is 65.5 Å². The van der Waals surface area contributed by atoms with E-state index in [1.807, 2.05) is 37.3 Å². The summed E-state index contributed by atoms with van der Waals surface area (Å²) >= 11 is 0. The topological polar surface area (TPSA) is 50.3 Å². The Bertz CT molecular complexity index is 611. The molecule has 2 amide bonds. The van der Waals surface area contributed by atoms with Crippen LogP contribution < -0.4 is 0 Å². The Morgan fingerprint density at radius 2 is 1.95 bits per heavy atom. The van der Waals surface area contributed by atoms with Crippen LogP contribution in [0.15, 0.2) is 48.7 Å². The van der Waals surface area contributed by atoms with Gasteiger partial charge < -0.3 is 0 Å². The van der Waals surface area contributed by atoms with Gasteiger partial charge in [0, 0.05) is 24.0 Å². The highest BCUT2D eigenvalue weighted by atomic mass is 16.2. The van der Waals surface area contributed by atoms with Crippen molar-refractivity contribution in [2.45, 2.75) is 19.8 Å². The summed E-state index contributed by atoms with van der Waals surface area (Å²) in [5.74, 6) is -0.246. The van der Waals surface area contributed by atoms with Crippen LogP contribution in [0, 0.1) is 6.92 Å². The number of carbonyl (C=O) groups excluding carboxylic acids is 2. The van der Waals surface area contributed by atoms with Crippen LogP contribution in [0.5, 0.6) is 0 Å². The Kier molecular flexibility index (Phi) is 5.21. The second kappa shape index (κ2) is 7.33. The number of amides is 2. The third-order valence-corrected chi connectivity index (χ3v) is 3.32. The lowest BCUT2D eigenvalue weighted by atomic mass is 10.1. The number of aromatic nitrogens is 1. The molecule has 2 aromatic rings. The summed E-state index contributed by atoms with van der Waals surface area (Å²) in [5.41, 5.74) is 2.41. The van der Waals surface area contributed by atoms with Crippen LogP contribution in [0.1, 0.15) is 28.0 Å². The number of pyridine rings is 1. The van der Waals surface area contributed by atoms with E-state index in [9.17, 15) is 9.59 Å². The first-order chi connectivity index (χ1) is 10.2. The average molecular weight is 282 g/mol. The minimum atomic E-state index is -0.246. The lowest BCUT2D eigenvalue weighted by Gasteiger charge is -2.16. The molecule has 1 aromatic carbocycles. The second-order valence-electron chi connectivity index (χ2n) is 4.84. The molecule has 4 heteroatoms. The van der Waals surface area contributed by atoms with Gasteiger partial charge in [-0.1, -0.05) is 24.3 Å². The van der Waals surface area contributed by atoms with Crippen LogP contribution in [0.25, 0.3) is 0 Å². The molecule has 1 heterocycles. The fourth-order valence-corrected chi connectivity index (χ4v) is 2.15. The van der Waals surface area contributed by atoms with Gasteiger partial charge in [0.1, 0.15) is 0 Å². The van der Waals surface area contributed by atoms with E-state index in [2.05, 4.69) is 4.98 Å². The Labute approximate surface area is 124 Å². The van der Waals surface area contributed by atoms with E-state index in [-0.39, 0.29) is 5.91 Å². The van der Waals surface area contributed by atoms with Gasteiger partial charge in [-0.05, 0) is 43.5 Å². The third kappa shape index (κ3) is 3.99. The van der Waals surface area contributed by atoms with Gasteiger partial charge in [-0.2, -0.15) is 0 Å². The van der Waals surface area contributed by atoms with Gasteiger partial charge in [0.15, 0.2) is 0 Å². The maximum Gasteiger partial charge on any atom is 0.260 e. The molecule has 0 fully saturated rings. The zero-order valence-corrected chi connectivity index (χ0v) is 12.0. The van der Waals surface area contributed by atoms with Crippen molar-refractivity contribution in [3.63, 3.8) is 0 Å². The monoisotopic (exact) mass is 282 g/mol. The standard InChI is InChI=1S/C17H18N2O2/c1-14-7-2-3-10-16(14)17(21)19(13-20)12-6-9-15-8-4-5-11-18-15/h2-5,7-8,10-11,13H,6,9,12H2,1H3. The number of nitrogens with zero attached hydrogens (tertiary/aromatic N) is 2. The smallest absolute Gasteiger partial charge is 0.260 e. The second-order valence-corrected chi connectivity index (χ2v) is 4.84. The normalized spacial score (nSPS) is 10.1. The molecule has 0 aliphatic heterocycles. The van der Waals surface area contributed by atoms with E-state index < -0.39 is 0 Å². The minimum absolute atomic E-state index is 0.246. The minimum Gasteiger partial charge on any atom is -0.281 e. The molecular weight excluding hydrogens is 264 g/mol. The van der Waals surface area contributed by atoms with Crippen molar-refractivity contribution in [3.8, 4) is 0 Å². The lowest BCUT2D eigenvalue weighted by Crippen LogP contribution is -2.31. The molecule has 0 N–H and O–H groups in total. The maximum absolute atomic E-state index is 12.3. The molecule has 0 radical (unpaired) electrons. The van der Waals surface area contributed by atoms with Crippen molar-refractivity contribution >= 4 is 12.3 Å². The van der Waals surface area contributed by atoms with E-state index in [4.69, 9.17) is 0 Å². The molecular formula is C17H18N2O2. The van der Waals surface area contributed by atoms with Crippen molar-refractivity contribution in [1.29, 1.82) is 0 Å². The molecule has 0 aliphatic rings. The first-order valence-electron chi connectivity index (χ1n) is 6.94. The first kappa shape index (κ1) is 14.9. The Morgan fingerprint density at radius 1 is 1.19 bits per heavy atom. The Balaban J connectivity index is 1.95. The molecule has 0 atom stereocenters. The van der Waals surface area contributed by atoms with Gasteiger partial charge >= 0.3 is 0 Å². The molecule has 0 saturated heterocycles. The third-order valence-electron chi connectivity index (χ3n) is 3.32. The van der Waals surface area contributed by atoms with Crippen LogP contribution in [0.2, 0.25) is 0 Å². The quantitative estimate of drug-likeness (QED) is 0.765. The maximum atomic E-state index is 12.3. The van der Waals surface area contributed by atoms with Crippen molar-refractivity contribution in [2.24, 2.45) is 0 Å².